The lowest BCUT2D eigenvalue weighted by molar-refractivity contribution is -0.116. The molecule has 1 saturated carbocycles. The van der Waals surface area contributed by atoms with Crippen molar-refractivity contribution in [3.8, 4) is 11.5 Å². The number of fused-ring (bicyclic) bond motifs is 1. The van der Waals surface area contributed by atoms with E-state index in [4.69, 9.17) is 9.47 Å². The zero-order valence-electron chi connectivity index (χ0n) is 14.1. The molecule has 0 aromatic heterocycles. The molecule has 2 heterocycles. The van der Waals surface area contributed by atoms with Gasteiger partial charge in [-0.05, 0) is 37.3 Å². The summed E-state index contributed by atoms with van der Waals surface area (Å²) in [6.45, 7) is 0. The molecule has 3 aliphatic rings. The first-order valence-electron chi connectivity index (χ1n) is 8.95. The Bertz CT molecular complexity index is 783. The smallest absolute Gasteiger partial charge is 0.251 e. The first-order chi connectivity index (χ1) is 11.9. The standard InChI is InChI=1S/C18H23NO5S/c20-17(10-13-6-9-25(21,22)12-13)19-14-4-5-15-16(11-14)24-18(23-15)7-2-1-3-8-18/h4-5,11,13H,1-3,6-10,12H2,(H,19,20). The van der Waals surface area contributed by atoms with Gasteiger partial charge in [0.1, 0.15) is 0 Å². The summed E-state index contributed by atoms with van der Waals surface area (Å²) in [6, 6.07) is 5.42. The fourth-order valence-electron chi connectivity index (χ4n) is 3.97. The van der Waals surface area contributed by atoms with Crippen molar-refractivity contribution in [2.24, 2.45) is 5.92 Å². The lowest BCUT2D eigenvalue weighted by Crippen LogP contribution is -2.40. The second-order valence-corrected chi connectivity index (χ2v) is 9.59. The number of nitrogens with one attached hydrogen (secondary N) is 1. The quantitative estimate of drug-likeness (QED) is 0.891. The van der Waals surface area contributed by atoms with Gasteiger partial charge in [0.2, 0.25) is 5.91 Å². The Morgan fingerprint density at radius 2 is 1.92 bits per heavy atom. The van der Waals surface area contributed by atoms with Gasteiger partial charge in [0, 0.05) is 31.0 Å². The van der Waals surface area contributed by atoms with E-state index in [1.165, 1.54) is 6.42 Å². The van der Waals surface area contributed by atoms with Crippen LogP contribution in [0.1, 0.15) is 44.9 Å². The van der Waals surface area contributed by atoms with Crippen molar-refractivity contribution in [2.75, 3.05) is 16.8 Å². The highest BCUT2D eigenvalue weighted by atomic mass is 32.2. The van der Waals surface area contributed by atoms with E-state index < -0.39 is 15.6 Å². The third-order valence-electron chi connectivity index (χ3n) is 5.24. The molecule has 136 valence electrons. The average Bonchev–Trinajstić information content (AvgIpc) is 3.06. The fourth-order valence-corrected chi connectivity index (χ4v) is 5.84. The highest BCUT2D eigenvalue weighted by Gasteiger charge is 2.42. The van der Waals surface area contributed by atoms with Crippen LogP contribution >= 0.6 is 0 Å². The third kappa shape index (κ3) is 3.61. The molecule has 1 aromatic carbocycles. The summed E-state index contributed by atoms with van der Waals surface area (Å²) in [5.41, 5.74) is 0.654. The van der Waals surface area contributed by atoms with Gasteiger partial charge in [-0.15, -0.1) is 0 Å². The minimum Gasteiger partial charge on any atom is -0.448 e. The maximum absolute atomic E-state index is 12.2. The van der Waals surface area contributed by atoms with Gasteiger partial charge in [0.25, 0.3) is 5.79 Å². The summed E-state index contributed by atoms with van der Waals surface area (Å²) >= 11 is 0. The van der Waals surface area contributed by atoms with E-state index in [9.17, 15) is 13.2 Å². The van der Waals surface area contributed by atoms with Crippen molar-refractivity contribution in [3.63, 3.8) is 0 Å². The summed E-state index contributed by atoms with van der Waals surface area (Å²) in [5, 5.41) is 2.85. The molecule has 0 radical (unpaired) electrons. The summed E-state index contributed by atoms with van der Waals surface area (Å²) in [6.07, 6.45) is 5.99. The number of hydrogen-bond donors (Lipinski definition) is 1. The van der Waals surface area contributed by atoms with Crippen LogP contribution in [0, 0.1) is 5.92 Å². The van der Waals surface area contributed by atoms with Gasteiger partial charge in [-0.3, -0.25) is 4.79 Å². The van der Waals surface area contributed by atoms with Crippen LogP contribution in [-0.4, -0.2) is 31.6 Å². The van der Waals surface area contributed by atoms with Crippen LogP contribution in [0.2, 0.25) is 0 Å². The molecule has 1 saturated heterocycles. The molecule has 25 heavy (non-hydrogen) atoms. The molecule has 1 atom stereocenters. The molecule has 0 bridgehead atoms. The second-order valence-electron chi connectivity index (χ2n) is 7.36. The molecular weight excluding hydrogens is 342 g/mol. The topological polar surface area (TPSA) is 81.7 Å². The number of carbonyl (C=O) groups excluding carboxylic acids is 1. The molecule has 7 heteroatoms. The molecule has 4 rings (SSSR count). The predicted octanol–water partition coefficient (Wildman–Crippen LogP) is 2.88. The zero-order chi connectivity index (χ0) is 17.5. The largest absolute Gasteiger partial charge is 0.448 e. The van der Waals surface area contributed by atoms with E-state index in [1.807, 2.05) is 6.07 Å². The maximum atomic E-state index is 12.2. The first kappa shape index (κ1) is 16.7. The molecule has 1 aliphatic carbocycles. The Labute approximate surface area is 147 Å². The van der Waals surface area contributed by atoms with Gasteiger partial charge in [0.05, 0.1) is 11.5 Å². The highest BCUT2D eigenvalue weighted by molar-refractivity contribution is 7.91. The van der Waals surface area contributed by atoms with E-state index in [1.54, 1.807) is 12.1 Å². The number of sulfone groups is 1. The lowest BCUT2D eigenvalue weighted by atomic mass is 9.94. The number of anilines is 1. The molecule has 6 nitrogen and oxygen atoms in total. The molecule has 1 N–H and O–H groups in total. The Kier molecular flexibility index (Phi) is 4.14. The maximum Gasteiger partial charge on any atom is 0.251 e. The van der Waals surface area contributed by atoms with Crippen molar-refractivity contribution in [3.05, 3.63) is 18.2 Å². The summed E-state index contributed by atoms with van der Waals surface area (Å²) in [4.78, 5) is 12.2. The Morgan fingerprint density at radius 1 is 1.16 bits per heavy atom. The van der Waals surface area contributed by atoms with Crippen LogP contribution in [-0.2, 0) is 14.6 Å². The van der Waals surface area contributed by atoms with Gasteiger partial charge in [-0.25, -0.2) is 8.42 Å². The monoisotopic (exact) mass is 365 g/mol. The van der Waals surface area contributed by atoms with Crippen LogP contribution in [0.25, 0.3) is 0 Å². The van der Waals surface area contributed by atoms with Crippen molar-refractivity contribution in [1.82, 2.24) is 0 Å². The molecule has 2 fully saturated rings. The minimum absolute atomic E-state index is 0.0791. The van der Waals surface area contributed by atoms with E-state index in [0.29, 0.717) is 17.9 Å². The molecular formula is C18H23NO5S. The van der Waals surface area contributed by atoms with Crippen LogP contribution < -0.4 is 14.8 Å². The van der Waals surface area contributed by atoms with Crippen molar-refractivity contribution < 1.29 is 22.7 Å². The molecule has 2 aliphatic heterocycles. The predicted molar refractivity (Wildman–Crippen MR) is 93.5 cm³/mol. The Morgan fingerprint density at radius 3 is 2.64 bits per heavy atom. The second kappa shape index (κ2) is 6.20. The number of rotatable bonds is 3. The number of hydrogen-bond acceptors (Lipinski definition) is 5. The fraction of sp³-hybridized carbons (Fsp3) is 0.611. The Hall–Kier alpha value is -1.76. The normalized spacial score (nSPS) is 25.8. The summed E-state index contributed by atoms with van der Waals surface area (Å²) < 4.78 is 35.1. The van der Waals surface area contributed by atoms with Crippen LogP contribution in [0.4, 0.5) is 5.69 Å². The van der Waals surface area contributed by atoms with E-state index in [2.05, 4.69) is 5.32 Å². The molecule has 1 spiro atoms. The van der Waals surface area contributed by atoms with Crippen molar-refractivity contribution in [2.45, 2.75) is 50.7 Å². The molecule has 1 unspecified atom stereocenters. The zero-order valence-corrected chi connectivity index (χ0v) is 14.9. The van der Waals surface area contributed by atoms with Crippen molar-refractivity contribution in [1.29, 1.82) is 0 Å². The van der Waals surface area contributed by atoms with Gasteiger partial charge < -0.3 is 14.8 Å². The van der Waals surface area contributed by atoms with E-state index in [0.717, 1.165) is 31.4 Å². The Balaban J connectivity index is 1.38. The number of ether oxygens (including phenoxy) is 2. The molecule has 1 aromatic rings. The minimum atomic E-state index is -2.95. The van der Waals surface area contributed by atoms with E-state index >= 15 is 0 Å². The van der Waals surface area contributed by atoms with Gasteiger partial charge in [-0.2, -0.15) is 0 Å². The van der Waals surface area contributed by atoms with Crippen LogP contribution in [0.5, 0.6) is 11.5 Å². The summed E-state index contributed by atoms with van der Waals surface area (Å²) in [7, 11) is -2.95. The molecule has 1 amide bonds. The number of carbonyl (C=O) groups is 1. The van der Waals surface area contributed by atoms with Crippen LogP contribution in [0.3, 0.4) is 0 Å². The summed E-state index contributed by atoms with van der Waals surface area (Å²) in [5.74, 6) is 0.936. The average molecular weight is 365 g/mol. The first-order valence-corrected chi connectivity index (χ1v) is 10.8. The van der Waals surface area contributed by atoms with Crippen LogP contribution in [0.15, 0.2) is 18.2 Å². The van der Waals surface area contributed by atoms with Gasteiger partial charge in [0.15, 0.2) is 21.3 Å². The number of amides is 1. The number of benzene rings is 1. The third-order valence-corrected chi connectivity index (χ3v) is 7.07. The van der Waals surface area contributed by atoms with Gasteiger partial charge in [-0.1, -0.05) is 6.42 Å². The SMILES string of the molecule is O=C(CC1CCS(=O)(=O)C1)Nc1ccc2c(c1)OC1(CCCCC1)O2. The highest BCUT2D eigenvalue weighted by Crippen LogP contribution is 2.46. The lowest BCUT2D eigenvalue weighted by Gasteiger charge is -2.31. The van der Waals surface area contributed by atoms with Gasteiger partial charge >= 0.3 is 0 Å². The van der Waals surface area contributed by atoms with Crippen molar-refractivity contribution >= 4 is 21.4 Å². The van der Waals surface area contributed by atoms with E-state index in [-0.39, 0.29) is 29.8 Å².